The van der Waals surface area contributed by atoms with E-state index < -0.39 is 11.9 Å². The monoisotopic (exact) mass is 373 g/mol. The zero-order valence-electron chi connectivity index (χ0n) is 10.9. The number of amides is 1. The molecule has 5 heteroatoms. The normalized spacial score (nSPS) is 22.6. The minimum Gasteiger partial charge on any atom is -0.481 e. The lowest BCUT2D eigenvalue weighted by Gasteiger charge is -2.24. The lowest BCUT2D eigenvalue weighted by atomic mass is 10.0. The molecule has 0 spiro atoms. The standard InChI is InChI=1S/C14H16INO3/c1-8-10(4-3-5-12(8)15)13(17)16-7-6-11(9(16)2)14(18)19/h3-5,9,11H,6-7H2,1-2H3,(H,18,19). The number of carbonyl (C=O) groups excluding carboxylic acids is 1. The summed E-state index contributed by atoms with van der Waals surface area (Å²) >= 11 is 2.20. The third kappa shape index (κ3) is 2.61. The van der Waals surface area contributed by atoms with Crippen molar-refractivity contribution >= 4 is 34.5 Å². The molecule has 0 radical (unpaired) electrons. The van der Waals surface area contributed by atoms with E-state index in [9.17, 15) is 9.59 Å². The van der Waals surface area contributed by atoms with Crippen LogP contribution in [-0.2, 0) is 4.79 Å². The molecular formula is C14H16INO3. The van der Waals surface area contributed by atoms with Gasteiger partial charge in [-0.05, 0) is 60.6 Å². The highest BCUT2D eigenvalue weighted by molar-refractivity contribution is 14.1. The van der Waals surface area contributed by atoms with Gasteiger partial charge >= 0.3 is 5.97 Å². The molecule has 2 rings (SSSR count). The molecule has 19 heavy (non-hydrogen) atoms. The summed E-state index contributed by atoms with van der Waals surface area (Å²) in [6.07, 6.45) is 0.533. The molecule has 1 aliphatic heterocycles. The Bertz CT molecular complexity index is 529. The number of benzene rings is 1. The molecule has 102 valence electrons. The van der Waals surface area contributed by atoms with E-state index in [1.54, 1.807) is 11.0 Å². The highest BCUT2D eigenvalue weighted by atomic mass is 127. The number of carboxylic acid groups (broad SMARTS) is 1. The highest BCUT2D eigenvalue weighted by Crippen LogP contribution is 2.27. The van der Waals surface area contributed by atoms with Crippen LogP contribution in [-0.4, -0.2) is 34.5 Å². The minimum absolute atomic E-state index is 0.0627. The average Bonchev–Trinajstić information content (AvgIpc) is 2.74. The molecule has 0 aliphatic carbocycles. The molecule has 4 nitrogen and oxygen atoms in total. The lowest BCUT2D eigenvalue weighted by Crippen LogP contribution is -2.38. The smallest absolute Gasteiger partial charge is 0.308 e. The van der Waals surface area contributed by atoms with Crippen LogP contribution in [0.2, 0.25) is 0 Å². The van der Waals surface area contributed by atoms with Crippen LogP contribution in [0.4, 0.5) is 0 Å². The Morgan fingerprint density at radius 3 is 2.68 bits per heavy atom. The minimum atomic E-state index is -0.817. The summed E-state index contributed by atoms with van der Waals surface area (Å²) in [5.41, 5.74) is 1.63. The molecule has 1 saturated heterocycles. The zero-order valence-corrected chi connectivity index (χ0v) is 13.0. The topological polar surface area (TPSA) is 57.6 Å². The Morgan fingerprint density at radius 2 is 2.11 bits per heavy atom. The zero-order chi connectivity index (χ0) is 14.2. The van der Waals surface area contributed by atoms with Gasteiger partial charge in [0, 0.05) is 21.7 Å². The van der Waals surface area contributed by atoms with E-state index in [0.29, 0.717) is 18.5 Å². The lowest BCUT2D eigenvalue weighted by molar-refractivity contribution is -0.142. The van der Waals surface area contributed by atoms with E-state index in [-0.39, 0.29) is 11.9 Å². The number of nitrogens with zero attached hydrogens (tertiary/aromatic N) is 1. The largest absolute Gasteiger partial charge is 0.481 e. The second kappa shape index (κ2) is 5.48. The SMILES string of the molecule is Cc1c(I)cccc1C(=O)N1CCC(C(=O)O)C1C. The van der Waals surface area contributed by atoms with Gasteiger partial charge in [0.2, 0.25) is 0 Å². The van der Waals surface area contributed by atoms with Crippen molar-refractivity contribution in [3.63, 3.8) is 0 Å². The van der Waals surface area contributed by atoms with Crippen LogP contribution in [0, 0.1) is 16.4 Å². The summed E-state index contributed by atoms with van der Waals surface area (Å²) in [5, 5.41) is 9.11. The highest BCUT2D eigenvalue weighted by Gasteiger charge is 2.38. The molecular weight excluding hydrogens is 357 g/mol. The van der Waals surface area contributed by atoms with Gasteiger partial charge in [0.15, 0.2) is 0 Å². The third-order valence-corrected chi connectivity index (χ3v) is 5.00. The summed E-state index contributed by atoms with van der Waals surface area (Å²) in [6, 6.07) is 5.38. The number of rotatable bonds is 2. The maximum Gasteiger partial charge on any atom is 0.308 e. The third-order valence-electron chi connectivity index (χ3n) is 3.83. The number of carbonyl (C=O) groups is 2. The van der Waals surface area contributed by atoms with Gasteiger partial charge in [-0.1, -0.05) is 6.07 Å². The molecule has 1 aromatic rings. The molecule has 1 fully saturated rings. The first-order valence-electron chi connectivity index (χ1n) is 6.22. The van der Waals surface area contributed by atoms with Gasteiger partial charge in [-0.25, -0.2) is 0 Å². The van der Waals surface area contributed by atoms with Crippen molar-refractivity contribution in [2.24, 2.45) is 5.92 Å². The molecule has 0 saturated carbocycles. The van der Waals surface area contributed by atoms with Crippen LogP contribution in [0.1, 0.15) is 29.3 Å². The van der Waals surface area contributed by atoms with E-state index in [0.717, 1.165) is 9.13 Å². The van der Waals surface area contributed by atoms with Crippen molar-refractivity contribution in [1.29, 1.82) is 0 Å². The summed E-state index contributed by atoms with van der Waals surface area (Å²) in [5.74, 6) is -1.33. The Labute approximate surface area is 125 Å². The number of hydrogen-bond acceptors (Lipinski definition) is 2. The van der Waals surface area contributed by atoms with E-state index in [1.165, 1.54) is 0 Å². The van der Waals surface area contributed by atoms with Gasteiger partial charge in [-0.2, -0.15) is 0 Å². The predicted octanol–water partition coefficient (Wildman–Crippen LogP) is 2.53. The Hall–Kier alpha value is -1.11. The fourth-order valence-corrected chi connectivity index (χ4v) is 3.05. The van der Waals surface area contributed by atoms with Gasteiger partial charge in [0.05, 0.1) is 5.92 Å². The maximum atomic E-state index is 12.5. The van der Waals surface area contributed by atoms with Gasteiger partial charge in [0.25, 0.3) is 5.91 Å². The van der Waals surface area contributed by atoms with Crippen LogP contribution in [0.5, 0.6) is 0 Å². The molecule has 1 heterocycles. The Balaban J connectivity index is 2.26. The molecule has 0 bridgehead atoms. The van der Waals surface area contributed by atoms with Crippen LogP contribution < -0.4 is 0 Å². The van der Waals surface area contributed by atoms with Crippen molar-refractivity contribution in [3.05, 3.63) is 32.9 Å². The summed E-state index contributed by atoms with van der Waals surface area (Å²) in [7, 11) is 0. The van der Waals surface area contributed by atoms with Crippen LogP contribution in [0.3, 0.4) is 0 Å². The maximum absolute atomic E-state index is 12.5. The molecule has 2 unspecified atom stereocenters. The van der Waals surface area contributed by atoms with Crippen LogP contribution in [0.15, 0.2) is 18.2 Å². The number of likely N-dealkylation sites (tertiary alicyclic amines) is 1. The van der Waals surface area contributed by atoms with Gasteiger partial charge in [0.1, 0.15) is 0 Å². The first-order valence-corrected chi connectivity index (χ1v) is 7.30. The average molecular weight is 373 g/mol. The van der Waals surface area contributed by atoms with Crippen molar-refractivity contribution in [3.8, 4) is 0 Å². The van der Waals surface area contributed by atoms with Gasteiger partial charge in [-0.3, -0.25) is 9.59 Å². The number of hydrogen-bond donors (Lipinski definition) is 1. The number of halogens is 1. The molecule has 1 N–H and O–H groups in total. The Kier molecular flexibility index (Phi) is 4.13. The van der Waals surface area contributed by atoms with Gasteiger partial charge in [-0.15, -0.1) is 0 Å². The first-order chi connectivity index (χ1) is 8.93. The molecule has 1 amide bonds. The summed E-state index contributed by atoms with van der Waals surface area (Å²) in [6.45, 7) is 4.25. The Morgan fingerprint density at radius 1 is 1.42 bits per heavy atom. The van der Waals surface area contributed by atoms with Gasteiger partial charge < -0.3 is 10.0 Å². The summed E-state index contributed by atoms with van der Waals surface area (Å²) < 4.78 is 1.05. The molecule has 1 aromatic carbocycles. The second-order valence-corrected chi connectivity index (χ2v) is 6.05. The van der Waals surface area contributed by atoms with E-state index in [2.05, 4.69) is 22.6 Å². The second-order valence-electron chi connectivity index (χ2n) is 4.88. The molecule has 1 aliphatic rings. The number of aliphatic carboxylic acids is 1. The fourth-order valence-electron chi connectivity index (χ4n) is 2.55. The fraction of sp³-hybridized carbons (Fsp3) is 0.429. The van der Waals surface area contributed by atoms with Crippen LogP contribution >= 0.6 is 22.6 Å². The van der Waals surface area contributed by atoms with E-state index in [4.69, 9.17) is 5.11 Å². The molecule has 2 atom stereocenters. The summed E-state index contributed by atoms with van der Waals surface area (Å²) in [4.78, 5) is 25.3. The van der Waals surface area contributed by atoms with E-state index >= 15 is 0 Å². The van der Waals surface area contributed by atoms with Crippen molar-refractivity contribution in [2.75, 3.05) is 6.54 Å². The van der Waals surface area contributed by atoms with Crippen molar-refractivity contribution < 1.29 is 14.7 Å². The molecule has 0 aromatic heterocycles. The number of carboxylic acids is 1. The van der Waals surface area contributed by atoms with Crippen LogP contribution in [0.25, 0.3) is 0 Å². The van der Waals surface area contributed by atoms with Crippen molar-refractivity contribution in [1.82, 2.24) is 4.90 Å². The van der Waals surface area contributed by atoms with Crippen molar-refractivity contribution in [2.45, 2.75) is 26.3 Å². The first kappa shape index (κ1) is 14.3. The van der Waals surface area contributed by atoms with E-state index in [1.807, 2.05) is 26.0 Å². The quantitative estimate of drug-likeness (QED) is 0.811. The predicted molar refractivity (Wildman–Crippen MR) is 80.1 cm³/mol.